The number of aliphatic imine (C=N–C) groups is 1. The molecule has 9 heteroatoms. The van der Waals surface area contributed by atoms with E-state index in [0.29, 0.717) is 6.54 Å². The lowest BCUT2D eigenvalue weighted by Crippen LogP contribution is -2.40. The second-order valence-electron chi connectivity index (χ2n) is 3.64. The van der Waals surface area contributed by atoms with Gasteiger partial charge in [0.2, 0.25) is 16.0 Å². The largest absolute Gasteiger partial charge is 0.345 e. The molecule has 0 unspecified atom stereocenters. The van der Waals surface area contributed by atoms with Crippen molar-refractivity contribution < 1.29 is 8.42 Å². The SMILES string of the molecule is C#CCN/C(=N/CCSCc1nccs1)NS(C)(=O)=O. The Kier molecular flexibility index (Phi) is 7.43. The number of terminal acetylenes is 1. The maximum absolute atomic E-state index is 11.2. The van der Waals surface area contributed by atoms with Gasteiger partial charge in [-0.25, -0.2) is 13.4 Å². The number of hydrogen-bond acceptors (Lipinski definition) is 6. The normalized spacial score (nSPS) is 11.9. The third-order valence-corrected chi connectivity index (χ3v) is 4.33. The molecule has 6 nitrogen and oxygen atoms in total. The van der Waals surface area contributed by atoms with Gasteiger partial charge in [0.05, 0.1) is 19.3 Å². The lowest BCUT2D eigenvalue weighted by Gasteiger charge is -2.08. The summed E-state index contributed by atoms with van der Waals surface area (Å²) in [5, 5.41) is 5.74. The first-order valence-corrected chi connectivity index (χ1v) is 9.59. The smallest absolute Gasteiger partial charge is 0.232 e. The number of sulfonamides is 1. The van der Waals surface area contributed by atoms with Crippen molar-refractivity contribution in [3.05, 3.63) is 16.6 Å². The molecule has 2 N–H and O–H groups in total. The predicted octanol–water partition coefficient (Wildman–Crippen LogP) is 0.504. The Morgan fingerprint density at radius 1 is 1.65 bits per heavy atom. The van der Waals surface area contributed by atoms with Gasteiger partial charge in [0, 0.05) is 23.1 Å². The third-order valence-electron chi connectivity index (χ3n) is 1.85. The number of nitrogens with one attached hydrogen (secondary N) is 2. The summed E-state index contributed by atoms with van der Waals surface area (Å²) in [6, 6.07) is 0. The number of hydrogen-bond donors (Lipinski definition) is 2. The van der Waals surface area contributed by atoms with E-state index in [9.17, 15) is 8.42 Å². The minimum Gasteiger partial charge on any atom is -0.345 e. The number of thiazole rings is 1. The highest BCUT2D eigenvalue weighted by Crippen LogP contribution is 2.13. The number of thioether (sulfide) groups is 1. The van der Waals surface area contributed by atoms with Crippen molar-refractivity contribution in [1.82, 2.24) is 15.0 Å². The first-order chi connectivity index (χ1) is 9.51. The van der Waals surface area contributed by atoms with E-state index in [1.165, 1.54) is 0 Å². The molecule has 1 aromatic heterocycles. The molecule has 110 valence electrons. The van der Waals surface area contributed by atoms with Gasteiger partial charge in [-0.2, -0.15) is 11.8 Å². The maximum atomic E-state index is 11.2. The van der Waals surface area contributed by atoms with Crippen LogP contribution in [0.4, 0.5) is 0 Å². The molecule has 0 bridgehead atoms. The topological polar surface area (TPSA) is 83.4 Å². The van der Waals surface area contributed by atoms with Crippen LogP contribution in [0.15, 0.2) is 16.6 Å². The van der Waals surface area contributed by atoms with Gasteiger partial charge in [-0.3, -0.25) is 9.71 Å². The summed E-state index contributed by atoms with van der Waals surface area (Å²) in [5.74, 6) is 4.15. The van der Waals surface area contributed by atoms with Crippen LogP contribution in [0.2, 0.25) is 0 Å². The molecule has 0 amide bonds. The van der Waals surface area contributed by atoms with Gasteiger partial charge >= 0.3 is 0 Å². The maximum Gasteiger partial charge on any atom is 0.232 e. The Morgan fingerprint density at radius 3 is 3.05 bits per heavy atom. The molecular formula is C11H16N4O2S3. The Morgan fingerprint density at radius 2 is 2.45 bits per heavy atom. The molecule has 1 aromatic rings. The summed E-state index contributed by atoms with van der Waals surface area (Å²) < 4.78 is 24.6. The molecule has 0 aliphatic carbocycles. The van der Waals surface area contributed by atoms with Crippen molar-refractivity contribution in [3.63, 3.8) is 0 Å². The molecule has 0 fully saturated rings. The van der Waals surface area contributed by atoms with Crippen LogP contribution in [0.1, 0.15) is 5.01 Å². The van der Waals surface area contributed by atoms with E-state index in [1.807, 2.05) is 5.38 Å². The molecular weight excluding hydrogens is 316 g/mol. The zero-order chi connectivity index (χ0) is 14.8. The van der Waals surface area contributed by atoms with Crippen molar-refractivity contribution in [1.29, 1.82) is 0 Å². The Labute approximate surface area is 127 Å². The Balaban J connectivity index is 2.35. The predicted molar refractivity (Wildman–Crippen MR) is 85.4 cm³/mol. The van der Waals surface area contributed by atoms with Crippen molar-refractivity contribution in [3.8, 4) is 12.3 Å². The van der Waals surface area contributed by atoms with Gasteiger partial charge in [-0.15, -0.1) is 17.8 Å². The summed E-state index contributed by atoms with van der Waals surface area (Å²) >= 11 is 3.30. The zero-order valence-corrected chi connectivity index (χ0v) is 13.4. The molecule has 20 heavy (non-hydrogen) atoms. The fraction of sp³-hybridized carbons (Fsp3) is 0.455. The van der Waals surface area contributed by atoms with E-state index in [-0.39, 0.29) is 12.5 Å². The van der Waals surface area contributed by atoms with Crippen LogP contribution >= 0.6 is 23.1 Å². The van der Waals surface area contributed by atoms with E-state index in [2.05, 4.69) is 25.9 Å². The van der Waals surface area contributed by atoms with E-state index in [4.69, 9.17) is 6.42 Å². The van der Waals surface area contributed by atoms with Crippen LogP contribution < -0.4 is 10.0 Å². The monoisotopic (exact) mass is 332 g/mol. The number of nitrogens with zero attached hydrogens (tertiary/aromatic N) is 2. The van der Waals surface area contributed by atoms with Crippen molar-refractivity contribution in [2.45, 2.75) is 5.75 Å². The molecule has 0 aromatic carbocycles. The summed E-state index contributed by atoms with van der Waals surface area (Å²) in [6.07, 6.45) is 7.96. The van der Waals surface area contributed by atoms with E-state index < -0.39 is 10.0 Å². The van der Waals surface area contributed by atoms with Crippen LogP contribution in [0.3, 0.4) is 0 Å². The van der Waals surface area contributed by atoms with E-state index in [1.54, 1.807) is 29.3 Å². The summed E-state index contributed by atoms with van der Waals surface area (Å²) in [6.45, 7) is 0.707. The molecule has 0 aliphatic heterocycles. The minimum atomic E-state index is -3.36. The highest BCUT2D eigenvalue weighted by Gasteiger charge is 2.05. The third kappa shape index (κ3) is 8.04. The molecule has 0 spiro atoms. The van der Waals surface area contributed by atoms with Crippen molar-refractivity contribution >= 4 is 39.1 Å². The van der Waals surface area contributed by atoms with Gasteiger partial charge in [0.25, 0.3) is 0 Å². The second-order valence-corrected chi connectivity index (χ2v) is 7.47. The van der Waals surface area contributed by atoms with Gasteiger partial charge in [0.1, 0.15) is 5.01 Å². The lowest BCUT2D eigenvalue weighted by atomic mass is 10.6. The van der Waals surface area contributed by atoms with Crippen molar-refractivity contribution in [2.24, 2.45) is 4.99 Å². The van der Waals surface area contributed by atoms with Crippen molar-refractivity contribution in [2.75, 3.05) is 25.1 Å². The van der Waals surface area contributed by atoms with Crippen LogP contribution in [-0.2, 0) is 15.8 Å². The molecule has 0 saturated carbocycles. The van der Waals surface area contributed by atoms with Gasteiger partial charge in [-0.05, 0) is 0 Å². The molecule has 0 aliphatic rings. The van der Waals surface area contributed by atoms with Crippen LogP contribution in [0.5, 0.6) is 0 Å². The number of aromatic nitrogens is 1. The highest BCUT2D eigenvalue weighted by atomic mass is 32.2. The zero-order valence-electron chi connectivity index (χ0n) is 11.0. The van der Waals surface area contributed by atoms with Gasteiger partial charge < -0.3 is 5.32 Å². The Hall–Kier alpha value is -1.24. The minimum absolute atomic E-state index is 0.181. The fourth-order valence-electron chi connectivity index (χ4n) is 1.14. The van der Waals surface area contributed by atoms with Crippen LogP contribution in [-0.4, -0.2) is 44.5 Å². The quantitative estimate of drug-likeness (QED) is 0.329. The average Bonchev–Trinajstić information content (AvgIpc) is 2.86. The van der Waals surface area contributed by atoms with E-state index in [0.717, 1.165) is 22.8 Å². The summed E-state index contributed by atoms with van der Waals surface area (Å²) in [7, 11) is -3.36. The van der Waals surface area contributed by atoms with Crippen LogP contribution in [0, 0.1) is 12.3 Å². The molecule has 1 rings (SSSR count). The molecule has 1 heterocycles. The standard InChI is InChI=1S/C11H16N4O2S3/c1-3-4-13-11(15-20(2,16)17)14-5-7-18-9-10-12-6-8-19-10/h1,6,8H,4-5,7,9H2,2H3,(H2,13,14,15). The summed E-state index contributed by atoms with van der Waals surface area (Å²) in [4.78, 5) is 8.32. The Bertz CT molecular complexity index is 561. The lowest BCUT2D eigenvalue weighted by molar-refractivity contribution is 0.597. The molecule has 0 radical (unpaired) electrons. The number of guanidine groups is 1. The molecule has 0 atom stereocenters. The second kappa shape index (κ2) is 8.84. The number of rotatable bonds is 7. The van der Waals surface area contributed by atoms with Gasteiger partial charge in [0.15, 0.2) is 0 Å². The van der Waals surface area contributed by atoms with Gasteiger partial charge in [-0.1, -0.05) is 5.92 Å². The first-order valence-electron chi connectivity index (χ1n) is 5.67. The average molecular weight is 332 g/mol. The highest BCUT2D eigenvalue weighted by molar-refractivity contribution is 7.98. The first kappa shape index (κ1) is 16.8. The van der Waals surface area contributed by atoms with E-state index >= 15 is 0 Å². The van der Waals surface area contributed by atoms with Crippen LogP contribution in [0.25, 0.3) is 0 Å². The fourth-order valence-corrected chi connectivity index (χ4v) is 3.16. The molecule has 0 saturated heterocycles. The summed E-state index contributed by atoms with van der Waals surface area (Å²) in [5.41, 5.74) is 0.